The molecule has 0 spiro atoms. The zero-order valence-corrected chi connectivity index (χ0v) is 12.0. The van der Waals surface area contributed by atoms with Crippen LogP contribution in [-0.2, 0) is 9.59 Å². The molecule has 20 heavy (non-hydrogen) atoms. The van der Waals surface area contributed by atoms with Gasteiger partial charge < -0.3 is 5.11 Å². The van der Waals surface area contributed by atoms with Crippen molar-refractivity contribution < 1.29 is 14.7 Å². The molecule has 0 bridgehead atoms. The quantitative estimate of drug-likeness (QED) is 0.759. The highest BCUT2D eigenvalue weighted by molar-refractivity contribution is 5.97. The minimum absolute atomic E-state index is 0.00853. The number of aliphatic hydroxyl groups excluding tert-OH is 1. The second-order valence-electron chi connectivity index (χ2n) is 6.45. The average molecular weight is 280 g/mol. The van der Waals surface area contributed by atoms with Crippen LogP contribution in [0.4, 0.5) is 0 Å². The van der Waals surface area contributed by atoms with Crippen molar-refractivity contribution in [1.29, 1.82) is 0 Å². The smallest absolute Gasteiger partial charge is 0.229 e. The highest BCUT2D eigenvalue weighted by Crippen LogP contribution is 2.32. The second kappa shape index (κ2) is 5.82. The molecule has 2 amide bonds. The van der Waals surface area contributed by atoms with Crippen LogP contribution in [0.25, 0.3) is 0 Å². The van der Waals surface area contributed by atoms with Gasteiger partial charge in [0.2, 0.25) is 11.8 Å². The molecule has 0 aliphatic carbocycles. The summed E-state index contributed by atoms with van der Waals surface area (Å²) in [5.41, 5.74) is 0. The normalized spacial score (nSPS) is 36.0. The van der Waals surface area contributed by atoms with E-state index in [1.165, 1.54) is 4.90 Å². The maximum Gasteiger partial charge on any atom is 0.229 e. The lowest BCUT2D eigenvalue weighted by Crippen LogP contribution is -2.55. The maximum absolute atomic E-state index is 11.9. The summed E-state index contributed by atoms with van der Waals surface area (Å²) >= 11 is 0. The van der Waals surface area contributed by atoms with E-state index >= 15 is 0 Å². The van der Waals surface area contributed by atoms with Crippen molar-refractivity contribution in [3.63, 3.8) is 0 Å². The van der Waals surface area contributed by atoms with E-state index in [1.807, 2.05) is 0 Å². The molecule has 1 N–H and O–H groups in total. The fraction of sp³-hybridized carbons (Fsp3) is 0.867. The SMILES string of the molecule is O=C1CCCC(=O)N1C[C@@H]1CCCN2C[C@H](O)CCC12. The van der Waals surface area contributed by atoms with Crippen molar-refractivity contribution >= 4 is 11.8 Å². The van der Waals surface area contributed by atoms with Crippen LogP contribution in [0.5, 0.6) is 0 Å². The van der Waals surface area contributed by atoms with Gasteiger partial charge in [-0.1, -0.05) is 0 Å². The Morgan fingerprint density at radius 2 is 1.80 bits per heavy atom. The molecule has 5 heteroatoms. The first kappa shape index (κ1) is 14.0. The standard InChI is InChI=1S/C15H24N2O3/c18-12-6-7-13-11(3-2-8-16(13)10-12)9-17-14(19)4-1-5-15(17)20/h11-13,18H,1-10H2/t11-,12+,13?/m0/s1. The number of amides is 2. The molecule has 3 heterocycles. The monoisotopic (exact) mass is 280 g/mol. The van der Waals surface area contributed by atoms with Crippen LogP contribution >= 0.6 is 0 Å². The minimum Gasteiger partial charge on any atom is -0.392 e. The first-order chi connectivity index (χ1) is 9.65. The summed E-state index contributed by atoms with van der Waals surface area (Å²) in [6.45, 7) is 2.39. The van der Waals surface area contributed by atoms with Crippen LogP contribution in [0.15, 0.2) is 0 Å². The van der Waals surface area contributed by atoms with E-state index in [4.69, 9.17) is 0 Å². The number of fused-ring (bicyclic) bond motifs is 1. The molecular weight excluding hydrogens is 256 g/mol. The van der Waals surface area contributed by atoms with Crippen molar-refractivity contribution in [2.24, 2.45) is 5.92 Å². The molecule has 0 radical (unpaired) electrons. The molecule has 0 saturated carbocycles. The lowest BCUT2D eigenvalue weighted by atomic mass is 9.82. The van der Waals surface area contributed by atoms with E-state index in [2.05, 4.69) is 4.90 Å². The summed E-state index contributed by atoms with van der Waals surface area (Å²) < 4.78 is 0. The summed E-state index contributed by atoms with van der Waals surface area (Å²) in [7, 11) is 0. The number of hydrogen-bond acceptors (Lipinski definition) is 4. The van der Waals surface area contributed by atoms with E-state index in [9.17, 15) is 14.7 Å². The first-order valence-corrected chi connectivity index (χ1v) is 7.90. The molecule has 3 aliphatic rings. The summed E-state index contributed by atoms with van der Waals surface area (Å²) in [6.07, 6.45) is 5.57. The number of rotatable bonds is 2. The zero-order chi connectivity index (χ0) is 14.1. The van der Waals surface area contributed by atoms with Crippen molar-refractivity contribution in [3.05, 3.63) is 0 Å². The molecule has 0 aromatic rings. The molecule has 3 rings (SSSR count). The van der Waals surface area contributed by atoms with Gasteiger partial charge in [0.25, 0.3) is 0 Å². The number of carbonyl (C=O) groups excluding carboxylic acids is 2. The average Bonchev–Trinajstić information content (AvgIpc) is 2.42. The Labute approximate surface area is 119 Å². The molecular formula is C15H24N2O3. The van der Waals surface area contributed by atoms with Gasteiger partial charge in [0.15, 0.2) is 0 Å². The third kappa shape index (κ3) is 2.74. The van der Waals surface area contributed by atoms with Crippen molar-refractivity contribution in [3.8, 4) is 0 Å². The van der Waals surface area contributed by atoms with Gasteiger partial charge in [0.1, 0.15) is 0 Å². The molecule has 3 aliphatic heterocycles. The minimum atomic E-state index is -0.205. The van der Waals surface area contributed by atoms with Crippen LogP contribution in [-0.4, -0.2) is 58.5 Å². The Hall–Kier alpha value is -0.940. The number of carbonyl (C=O) groups is 2. The molecule has 112 valence electrons. The lowest BCUT2D eigenvalue weighted by molar-refractivity contribution is -0.149. The molecule has 0 aromatic heterocycles. The third-order valence-corrected chi connectivity index (χ3v) is 5.07. The Kier molecular flexibility index (Phi) is 4.08. The van der Waals surface area contributed by atoms with Gasteiger partial charge >= 0.3 is 0 Å². The molecule has 5 nitrogen and oxygen atoms in total. The van der Waals surface area contributed by atoms with Gasteiger partial charge in [0, 0.05) is 32.0 Å². The molecule has 0 aromatic carbocycles. The van der Waals surface area contributed by atoms with Gasteiger partial charge in [-0.2, -0.15) is 0 Å². The second-order valence-corrected chi connectivity index (χ2v) is 6.45. The van der Waals surface area contributed by atoms with E-state index in [0.29, 0.717) is 37.8 Å². The first-order valence-electron chi connectivity index (χ1n) is 7.90. The number of likely N-dealkylation sites (tertiary alicyclic amines) is 1. The Morgan fingerprint density at radius 3 is 2.55 bits per heavy atom. The lowest BCUT2D eigenvalue weighted by Gasteiger charge is -2.46. The Bertz CT molecular complexity index is 383. The summed E-state index contributed by atoms with van der Waals surface area (Å²) in [5.74, 6) is 0.408. The highest BCUT2D eigenvalue weighted by atomic mass is 16.3. The number of imide groups is 1. The van der Waals surface area contributed by atoms with Gasteiger partial charge in [-0.3, -0.25) is 19.4 Å². The molecule has 1 unspecified atom stereocenters. The summed E-state index contributed by atoms with van der Waals surface area (Å²) in [5, 5.41) is 9.78. The van der Waals surface area contributed by atoms with Crippen molar-refractivity contribution in [1.82, 2.24) is 9.80 Å². The van der Waals surface area contributed by atoms with E-state index in [-0.39, 0.29) is 17.9 Å². The molecule has 3 fully saturated rings. The van der Waals surface area contributed by atoms with Crippen LogP contribution in [0.1, 0.15) is 44.9 Å². The van der Waals surface area contributed by atoms with Crippen LogP contribution in [0.3, 0.4) is 0 Å². The van der Waals surface area contributed by atoms with Crippen molar-refractivity contribution in [2.45, 2.75) is 57.1 Å². The fourth-order valence-corrected chi connectivity index (χ4v) is 4.03. The molecule has 3 saturated heterocycles. The topological polar surface area (TPSA) is 60.9 Å². The largest absolute Gasteiger partial charge is 0.392 e. The molecule has 3 atom stereocenters. The summed E-state index contributed by atoms with van der Waals surface area (Å²) in [6, 6.07) is 0.440. The Balaban J connectivity index is 1.66. The van der Waals surface area contributed by atoms with Gasteiger partial charge in [0.05, 0.1) is 6.10 Å². The summed E-state index contributed by atoms with van der Waals surface area (Å²) in [4.78, 5) is 27.7. The van der Waals surface area contributed by atoms with Crippen molar-refractivity contribution in [2.75, 3.05) is 19.6 Å². The third-order valence-electron chi connectivity index (χ3n) is 5.07. The van der Waals surface area contributed by atoms with Crippen LogP contribution < -0.4 is 0 Å². The highest BCUT2D eigenvalue weighted by Gasteiger charge is 2.38. The zero-order valence-electron chi connectivity index (χ0n) is 12.0. The van der Waals surface area contributed by atoms with Gasteiger partial charge in [-0.05, 0) is 44.6 Å². The van der Waals surface area contributed by atoms with Crippen LogP contribution in [0, 0.1) is 5.92 Å². The van der Waals surface area contributed by atoms with E-state index in [0.717, 1.165) is 38.8 Å². The number of hydrogen-bond donors (Lipinski definition) is 1. The van der Waals surface area contributed by atoms with Gasteiger partial charge in [-0.25, -0.2) is 0 Å². The number of aliphatic hydroxyl groups is 1. The van der Waals surface area contributed by atoms with Gasteiger partial charge in [-0.15, -0.1) is 0 Å². The number of piperidine rings is 3. The van der Waals surface area contributed by atoms with E-state index < -0.39 is 0 Å². The Morgan fingerprint density at radius 1 is 1.05 bits per heavy atom. The number of nitrogens with zero attached hydrogens (tertiary/aromatic N) is 2. The predicted octanol–water partition coefficient (Wildman–Crippen LogP) is 0.761. The predicted molar refractivity (Wildman–Crippen MR) is 73.9 cm³/mol. The maximum atomic E-state index is 11.9. The van der Waals surface area contributed by atoms with E-state index in [1.54, 1.807) is 0 Å². The van der Waals surface area contributed by atoms with Crippen LogP contribution in [0.2, 0.25) is 0 Å². The fourth-order valence-electron chi connectivity index (χ4n) is 4.03.